The summed E-state index contributed by atoms with van der Waals surface area (Å²) >= 11 is 0. The van der Waals surface area contributed by atoms with Crippen LogP contribution >= 0.6 is 0 Å². The highest BCUT2D eigenvalue weighted by molar-refractivity contribution is 5.34. The summed E-state index contributed by atoms with van der Waals surface area (Å²) in [6.07, 6.45) is 2.28. The minimum Gasteiger partial charge on any atom is -0.374 e. The summed E-state index contributed by atoms with van der Waals surface area (Å²) in [5.74, 6) is 0. The Labute approximate surface area is 109 Å². The van der Waals surface area contributed by atoms with Gasteiger partial charge in [-0.1, -0.05) is 0 Å². The topological polar surface area (TPSA) is 50.0 Å². The lowest BCUT2D eigenvalue weighted by Crippen LogP contribution is -2.36. The molecule has 1 atom stereocenters. The zero-order chi connectivity index (χ0) is 13.2. The monoisotopic (exact) mass is 247 g/mol. The van der Waals surface area contributed by atoms with Crippen molar-refractivity contribution in [2.45, 2.75) is 38.8 Å². The van der Waals surface area contributed by atoms with Crippen LogP contribution in [0.15, 0.2) is 6.07 Å². The second-order valence-corrected chi connectivity index (χ2v) is 5.32. The summed E-state index contributed by atoms with van der Waals surface area (Å²) < 4.78 is 7.67. The van der Waals surface area contributed by atoms with Crippen molar-refractivity contribution < 1.29 is 4.74 Å². The van der Waals surface area contributed by atoms with Crippen LogP contribution in [0.25, 0.3) is 0 Å². The number of nitriles is 1. The molecule has 0 amide bonds. The first-order valence-electron chi connectivity index (χ1n) is 6.46. The van der Waals surface area contributed by atoms with Gasteiger partial charge in [-0.15, -0.1) is 0 Å². The predicted molar refractivity (Wildman–Crippen MR) is 70.2 cm³/mol. The molecule has 1 aromatic rings. The first kappa shape index (κ1) is 13.1. The maximum atomic E-state index is 8.98. The molecule has 0 radical (unpaired) electrons. The molecular formula is C14H21N3O. The number of nitrogens with zero attached hydrogens (tertiary/aromatic N) is 2. The smallest absolute Gasteiger partial charge is 0.120 e. The first-order chi connectivity index (χ1) is 8.56. The molecule has 1 aliphatic heterocycles. The summed E-state index contributed by atoms with van der Waals surface area (Å²) in [6.45, 7) is 6.74. The van der Waals surface area contributed by atoms with Crippen LogP contribution in [-0.2, 0) is 18.3 Å². The average molecular weight is 247 g/mol. The lowest BCUT2D eigenvalue weighted by molar-refractivity contribution is 0.0206. The Bertz CT molecular complexity index is 464. The Hall–Kier alpha value is -1.31. The van der Waals surface area contributed by atoms with E-state index in [0.29, 0.717) is 5.69 Å². The van der Waals surface area contributed by atoms with Crippen LogP contribution in [0.2, 0.25) is 0 Å². The van der Waals surface area contributed by atoms with Gasteiger partial charge in [0.2, 0.25) is 0 Å². The Morgan fingerprint density at radius 1 is 1.61 bits per heavy atom. The lowest BCUT2D eigenvalue weighted by Gasteiger charge is -2.23. The molecule has 4 heteroatoms. The third-order valence-electron chi connectivity index (χ3n) is 3.87. The molecule has 2 heterocycles. The van der Waals surface area contributed by atoms with E-state index in [0.717, 1.165) is 38.2 Å². The summed E-state index contributed by atoms with van der Waals surface area (Å²) in [5, 5.41) is 12.4. The van der Waals surface area contributed by atoms with E-state index in [9.17, 15) is 0 Å². The van der Waals surface area contributed by atoms with E-state index < -0.39 is 0 Å². The number of nitrogens with one attached hydrogen (secondary N) is 1. The van der Waals surface area contributed by atoms with Gasteiger partial charge in [0.15, 0.2) is 0 Å². The molecule has 0 bridgehead atoms. The van der Waals surface area contributed by atoms with Gasteiger partial charge in [-0.3, -0.25) is 0 Å². The van der Waals surface area contributed by atoms with Crippen LogP contribution in [0, 0.1) is 18.3 Å². The fraction of sp³-hybridized carbons (Fsp3) is 0.643. The summed E-state index contributed by atoms with van der Waals surface area (Å²) in [7, 11) is 1.93. The normalized spacial score (nSPS) is 23.2. The number of rotatable bonds is 4. The maximum absolute atomic E-state index is 8.98. The maximum Gasteiger partial charge on any atom is 0.120 e. The van der Waals surface area contributed by atoms with Gasteiger partial charge in [-0.05, 0) is 38.3 Å². The molecule has 0 aliphatic carbocycles. The van der Waals surface area contributed by atoms with Gasteiger partial charge in [0.1, 0.15) is 11.8 Å². The highest BCUT2D eigenvalue weighted by Gasteiger charge is 2.29. The number of aromatic nitrogens is 1. The van der Waals surface area contributed by atoms with Gasteiger partial charge in [-0.2, -0.15) is 5.26 Å². The molecule has 1 N–H and O–H groups in total. The first-order valence-corrected chi connectivity index (χ1v) is 6.46. The quantitative estimate of drug-likeness (QED) is 0.883. The zero-order valence-corrected chi connectivity index (χ0v) is 11.4. The zero-order valence-electron chi connectivity index (χ0n) is 11.4. The molecule has 1 unspecified atom stereocenters. The SMILES string of the molecule is Cc1c(CNCC2(C)CCCO2)cc(C#N)n1C. The number of hydrogen-bond acceptors (Lipinski definition) is 3. The van der Waals surface area contributed by atoms with E-state index in [2.05, 4.69) is 18.3 Å². The summed E-state index contributed by atoms with van der Waals surface area (Å²) in [4.78, 5) is 0. The standard InChI is InChI=1S/C14H21N3O/c1-11-12(7-13(8-15)17(11)3)9-16-10-14(2)5-4-6-18-14/h7,16H,4-6,9-10H2,1-3H3. The third kappa shape index (κ3) is 2.58. The van der Waals surface area contributed by atoms with Crippen LogP contribution in [0.5, 0.6) is 0 Å². The van der Waals surface area contributed by atoms with E-state index in [-0.39, 0.29) is 5.60 Å². The predicted octanol–water partition coefficient (Wildman–Crippen LogP) is 1.86. The molecule has 1 fully saturated rings. The van der Waals surface area contributed by atoms with Gasteiger partial charge >= 0.3 is 0 Å². The number of hydrogen-bond donors (Lipinski definition) is 1. The molecule has 1 aromatic heterocycles. The van der Waals surface area contributed by atoms with E-state index in [1.807, 2.05) is 24.6 Å². The van der Waals surface area contributed by atoms with Gasteiger partial charge in [0.05, 0.1) is 5.60 Å². The Balaban J connectivity index is 1.93. The van der Waals surface area contributed by atoms with Crippen LogP contribution in [0.3, 0.4) is 0 Å². The van der Waals surface area contributed by atoms with E-state index in [4.69, 9.17) is 10.00 Å². The molecule has 0 aromatic carbocycles. The summed E-state index contributed by atoms with van der Waals surface area (Å²) in [5.41, 5.74) is 3.04. The van der Waals surface area contributed by atoms with Crippen LogP contribution < -0.4 is 5.32 Å². The Kier molecular flexibility index (Phi) is 3.74. The van der Waals surface area contributed by atoms with Gasteiger partial charge in [0.25, 0.3) is 0 Å². The molecule has 0 spiro atoms. The molecule has 98 valence electrons. The van der Waals surface area contributed by atoms with Gasteiger partial charge in [-0.25, -0.2) is 0 Å². The van der Waals surface area contributed by atoms with Gasteiger partial charge < -0.3 is 14.6 Å². The minimum absolute atomic E-state index is 0.0132. The van der Waals surface area contributed by atoms with Crippen molar-refractivity contribution in [3.05, 3.63) is 23.0 Å². The van der Waals surface area contributed by atoms with Crippen molar-refractivity contribution in [3.8, 4) is 6.07 Å². The Morgan fingerprint density at radius 3 is 2.94 bits per heavy atom. The van der Waals surface area contributed by atoms with Crippen molar-refractivity contribution in [3.63, 3.8) is 0 Å². The minimum atomic E-state index is -0.0132. The van der Waals surface area contributed by atoms with Crippen LogP contribution in [0.1, 0.15) is 36.7 Å². The van der Waals surface area contributed by atoms with Crippen molar-refractivity contribution in [2.24, 2.45) is 7.05 Å². The molecule has 2 rings (SSSR count). The molecule has 1 aliphatic rings. The van der Waals surface area contributed by atoms with Crippen LogP contribution in [0.4, 0.5) is 0 Å². The van der Waals surface area contributed by atoms with Gasteiger partial charge in [0, 0.05) is 32.4 Å². The average Bonchev–Trinajstić information content (AvgIpc) is 2.89. The Morgan fingerprint density at radius 2 is 2.39 bits per heavy atom. The second kappa shape index (κ2) is 5.13. The molecule has 4 nitrogen and oxygen atoms in total. The van der Waals surface area contributed by atoms with E-state index >= 15 is 0 Å². The van der Waals surface area contributed by atoms with Crippen molar-refractivity contribution in [1.29, 1.82) is 5.26 Å². The highest BCUT2D eigenvalue weighted by Crippen LogP contribution is 2.24. The summed E-state index contributed by atoms with van der Waals surface area (Å²) in [6, 6.07) is 4.16. The molecule has 18 heavy (non-hydrogen) atoms. The fourth-order valence-corrected chi connectivity index (χ4v) is 2.49. The lowest BCUT2D eigenvalue weighted by atomic mass is 10.0. The number of ether oxygens (including phenoxy) is 1. The fourth-order valence-electron chi connectivity index (χ4n) is 2.49. The van der Waals surface area contributed by atoms with E-state index in [1.165, 1.54) is 5.56 Å². The molecule has 1 saturated heterocycles. The highest BCUT2D eigenvalue weighted by atomic mass is 16.5. The largest absolute Gasteiger partial charge is 0.374 e. The van der Waals surface area contributed by atoms with Crippen molar-refractivity contribution in [1.82, 2.24) is 9.88 Å². The van der Waals surface area contributed by atoms with Crippen molar-refractivity contribution >= 4 is 0 Å². The van der Waals surface area contributed by atoms with Crippen molar-refractivity contribution in [2.75, 3.05) is 13.2 Å². The van der Waals surface area contributed by atoms with Crippen LogP contribution in [-0.4, -0.2) is 23.3 Å². The molecular weight excluding hydrogens is 226 g/mol. The van der Waals surface area contributed by atoms with E-state index in [1.54, 1.807) is 0 Å². The molecule has 0 saturated carbocycles. The third-order valence-corrected chi connectivity index (χ3v) is 3.87. The second-order valence-electron chi connectivity index (χ2n) is 5.32.